The van der Waals surface area contributed by atoms with E-state index in [4.69, 9.17) is 9.47 Å². The molecule has 4 rings (SSSR count). The van der Waals surface area contributed by atoms with Crippen LogP contribution in [-0.4, -0.2) is 55.8 Å². The van der Waals surface area contributed by atoms with Crippen molar-refractivity contribution in [3.63, 3.8) is 0 Å². The van der Waals surface area contributed by atoms with Gasteiger partial charge < -0.3 is 14.8 Å². The fourth-order valence-electron chi connectivity index (χ4n) is 4.62. The van der Waals surface area contributed by atoms with Crippen LogP contribution in [0.1, 0.15) is 37.7 Å². The van der Waals surface area contributed by atoms with Crippen LogP contribution < -0.4 is 10.1 Å². The second kappa shape index (κ2) is 10.1. The molecule has 3 saturated heterocycles. The minimum atomic E-state index is -0.206. The first kappa shape index (κ1) is 23.3. The lowest BCUT2D eigenvalue weighted by Gasteiger charge is -2.33. The van der Waals surface area contributed by atoms with Gasteiger partial charge in [0.2, 0.25) is 0 Å². The summed E-state index contributed by atoms with van der Waals surface area (Å²) in [4.78, 5) is 14.8. The van der Waals surface area contributed by atoms with Crippen LogP contribution in [0.5, 0.6) is 5.75 Å². The number of esters is 1. The SMILES string of the molecule is Cc1ccccc1OC1CCN(CC2CC3(CCNCC3)C(=O)O2)CC1.Cl.Cl. The predicted molar refractivity (Wildman–Crippen MR) is 115 cm³/mol. The lowest BCUT2D eigenvalue weighted by molar-refractivity contribution is -0.150. The van der Waals surface area contributed by atoms with Crippen molar-refractivity contribution in [1.29, 1.82) is 0 Å². The molecule has 0 aromatic heterocycles. The van der Waals surface area contributed by atoms with Gasteiger partial charge in [-0.15, -0.1) is 24.8 Å². The summed E-state index contributed by atoms with van der Waals surface area (Å²) in [5.41, 5.74) is 0.988. The van der Waals surface area contributed by atoms with Crippen LogP contribution in [0, 0.1) is 12.3 Å². The normalized spacial score (nSPS) is 24.9. The van der Waals surface area contributed by atoms with Crippen molar-refractivity contribution in [2.75, 3.05) is 32.7 Å². The summed E-state index contributed by atoms with van der Waals surface area (Å²) in [7, 11) is 0. The van der Waals surface area contributed by atoms with Crippen molar-refractivity contribution in [3.05, 3.63) is 29.8 Å². The minimum absolute atomic E-state index is 0. The maximum Gasteiger partial charge on any atom is 0.312 e. The number of hydrogen-bond acceptors (Lipinski definition) is 5. The highest BCUT2D eigenvalue weighted by Gasteiger charge is 2.49. The molecular weight excluding hydrogens is 399 g/mol. The van der Waals surface area contributed by atoms with Gasteiger partial charge in [0, 0.05) is 26.1 Å². The van der Waals surface area contributed by atoms with Crippen LogP contribution in [0.4, 0.5) is 0 Å². The number of para-hydroxylation sites is 1. The Bertz CT molecular complexity index is 644. The number of halogens is 2. The number of nitrogens with zero attached hydrogens (tertiary/aromatic N) is 1. The van der Waals surface area contributed by atoms with Gasteiger partial charge in [-0.05, 0) is 57.3 Å². The smallest absolute Gasteiger partial charge is 0.312 e. The molecule has 3 aliphatic rings. The number of ether oxygens (including phenoxy) is 2. The highest BCUT2D eigenvalue weighted by atomic mass is 35.5. The Hall–Kier alpha value is -1.01. The first-order valence-corrected chi connectivity index (χ1v) is 10.0. The van der Waals surface area contributed by atoms with Gasteiger partial charge in [-0.3, -0.25) is 9.69 Å². The van der Waals surface area contributed by atoms with Crippen LogP contribution in [0.25, 0.3) is 0 Å². The van der Waals surface area contributed by atoms with Crippen molar-refractivity contribution in [1.82, 2.24) is 10.2 Å². The Labute approximate surface area is 180 Å². The van der Waals surface area contributed by atoms with Crippen molar-refractivity contribution in [3.8, 4) is 5.75 Å². The van der Waals surface area contributed by atoms with E-state index in [0.29, 0.717) is 0 Å². The third-order valence-corrected chi connectivity index (χ3v) is 6.27. The van der Waals surface area contributed by atoms with Gasteiger partial charge in [-0.25, -0.2) is 0 Å². The number of rotatable bonds is 4. The van der Waals surface area contributed by atoms with Crippen molar-refractivity contribution in [2.24, 2.45) is 5.41 Å². The molecule has 0 bridgehead atoms. The summed E-state index contributed by atoms with van der Waals surface area (Å²) in [6.45, 7) is 6.86. The standard InChI is InChI=1S/C21H30N2O3.2ClH/c1-16-4-2-3-5-19(16)25-17-6-12-23(13-7-17)15-18-14-21(20(24)26-18)8-10-22-11-9-21;;/h2-5,17-18,22H,6-15H2,1H3;2*1H. The van der Waals surface area contributed by atoms with Gasteiger partial charge >= 0.3 is 5.97 Å². The zero-order valence-electron chi connectivity index (χ0n) is 16.5. The van der Waals surface area contributed by atoms with Crippen LogP contribution in [0.3, 0.4) is 0 Å². The molecule has 1 N–H and O–H groups in total. The van der Waals surface area contributed by atoms with Crippen molar-refractivity contribution >= 4 is 30.8 Å². The number of aryl methyl sites for hydroxylation is 1. The number of carbonyl (C=O) groups excluding carboxylic acids is 1. The van der Waals surface area contributed by atoms with Gasteiger partial charge in [0.15, 0.2) is 0 Å². The molecule has 1 aromatic carbocycles. The van der Waals surface area contributed by atoms with Gasteiger partial charge in [0.25, 0.3) is 0 Å². The quantitative estimate of drug-likeness (QED) is 0.741. The largest absolute Gasteiger partial charge is 0.490 e. The second-order valence-electron chi connectivity index (χ2n) is 8.15. The molecule has 0 saturated carbocycles. The number of hydrogen-bond donors (Lipinski definition) is 1. The molecule has 7 heteroatoms. The van der Waals surface area contributed by atoms with E-state index in [9.17, 15) is 4.79 Å². The monoisotopic (exact) mass is 430 g/mol. The highest BCUT2D eigenvalue weighted by Crippen LogP contribution is 2.41. The Balaban J connectivity index is 0.00000140. The topological polar surface area (TPSA) is 50.8 Å². The lowest BCUT2D eigenvalue weighted by Crippen LogP contribution is -2.42. The predicted octanol–water partition coefficient (Wildman–Crippen LogP) is 3.37. The highest BCUT2D eigenvalue weighted by molar-refractivity contribution is 5.85. The molecule has 1 spiro atoms. The third kappa shape index (κ3) is 5.12. The van der Waals surface area contributed by atoms with E-state index < -0.39 is 0 Å². The molecule has 1 atom stereocenters. The number of benzene rings is 1. The average Bonchev–Trinajstić information content (AvgIpc) is 2.94. The Morgan fingerprint density at radius 2 is 1.86 bits per heavy atom. The van der Waals surface area contributed by atoms with E-state index in [1.165, 1.54) is 5.56 Å². The third-order valence-electron chi connectivity index (χ3n) is 6.27. The maximum atomic E-state index is 12.4. The van der Waals surface area contributed by atoms with E-state index in [0.717, 1.165) is 70.6 Å². The minimum Gasteiger partial charge on any atom is -0.490 e. The number of carbonyl (C=O) groups is 1. The van der Waals surface area contributed by atoms with Gasteiger partial charge in [0.05, 0.1) is 5.41 Å². The van der Waals surface area contributed by atoms with Crippen LogP contribution in [0.2, 0.25) is 0 Å². The summed E-state index contributed by atoms with van der Waals surface area (Å²) in [6.07, 6.45) is 5.16. The molecule has 1 unspecified atom stereocenters. The molecule has 3 aliphatic heterocycles. The summed E-state index contributed by atoms with van der Waals surface area (Å²) >= 11 is 0. The van der Waals surface area contributed by atoms with E-state index in [-0.39, 0.29) is 48.4 Å². The fourth-order valence-corrected chi connectivity index (χ4v) is 4.62. The number of cyclic esters (lactones) is 1. The summed E-state index contributed by atoms with van der Waals surface area (Å²) in [5.74, 6) is 1.05. The van der Waals surface area contributed by atoms with E-state index >= 15 is 0 Å². The molecule has 3 heterocycles. The van der Waals surface area contributed by atoms with Crippen molar-refractivity contribution in [2.45, 2.75) is 51.2 Å². The number of piperidine rings is 2. The Morgan fingerprint density at radius 3 is 2.54 bits per heavy atom. The van der Waals surface area contributed by atoms with Crippen LogP contribution in [-0.2, 0) is 9.53 Å². The van der Waals surface area contributed by atoms with E-state index in [1.54, 1.807) is 0 Å². The van der Waals surface area contributed by atoms with Gasteiger partial charge in [-0.2, -0.15) is 0 Å². The molecule has 158 valence electrons. The molecule has 28 heavy (non-hydrogen) atoms. The molecule has 0 amide bonds. The molecule has 5 nitrogen and oxygen atoms in total. The van der Waals surface area contributed by atoms with Gasteiger partial charge in [0.1, 0.15) is 18.0 Å². The molecule has 0 radical (unpaired) electrons. The molecular formula is C21H32Cl2N2O3. The summed E-state index contributed by atoms with van der Waals surface area (Å²) in [5, 5.41) is 3.35. The molecule has 3 fully saturated rings. The molecule has 1 aromatic rings. The zero-order valence-corrected chi connectivity index (χ0v) is 18.2. The van der Waals surface area contributed by atoms with E-state index in [2.05, 4.69) is 29.3 Å². The average molecular weight is 431 g/mol. The summed E-state index contributed by atoms with van der Waals surface area (Å²) < 4.78 is 11.9. The lowest BCUT2D eigenvalue weighted by atomic mass is 9.76. The van der Waals surface area contributed by atoms with E-state index in [1.807, 2.05) is 12.1 Å². The first-order chi connectivity index (χ1) is 12.6. The van der Waals surface area contributed by atoms with Crippen LogP contribution >= 0.6 is 24.8 Å². The Morgan fingerprint density at radius 1 is 1.18 bits per heavy atom. The molecule has 0 aliphatic carbocycles. The maximum absolute atomic E-state index is 12.4. The number of likely N-dealkylation sites (tertiary alicyclic amines) is 1. The van der Waals surface area contributed by atoms with Gasteiger partial charge in [-0.1, -0.05) is 18.2 Å². The second-order valence-corrected chi connectivity index (χ2v) is 8.15. The number of nitrogens with one attached hydrogen (secondary N) is 1. The zero-order chi connectivity index (χ0) is 18.0. The van der Waals surface area contributed by atoms with Crippen LogP contribution in [0.15, 0.2) is 24.3 Å². The fraction of sp³-hybridized carbons (Fsp3) is 0.667. The Kier molecular flexibility index (Phi) is 8.44. The van der Waals surface area contributed by atoms with Crippen molar-refractivity contribution < 1.29 is 14.3 Å². The first-order valence-electron chi connectivity index (χ1n) is 10.0. The summed E-state index contributed by atoms with van der Waals surface area (Å²) in [6, 6.07) is 8.22.